The molecule has 1 aromatic carbocycles. The van der Waals surface area contributed by atoms with Crippen LogP contribution in [0.5, 0.6) is 0 Å². The fourth-order valence-electron chi connectivity index (χ4n) is 1.59. The van der Waals surface area contributed by atoms with E-state index in [-0.39, 0.29) is 11.0 Å². The van der Waals surface area contributed by atoms with Crippen molar-refractivity contribution in [2.75, 3.05) is 5.32 Å². The predicted molar refractivity (Wildman–Crippen MR) is 91.8 cm³/mol. The fourth-order valence-corrected chi connectivity index (χ4v) is 2.44. The molecule has 1 amide bonds. The zero-order chi connectivity index (χ0) is 14.5. The van der Waals surface area contributed by atoms with Gasteiger partial charge >= 0.3 is 0 Å². The molecule has 1 heterocycles. The Hall–Kier alpha value is -1.54. The van der Waals surface area contributed by atoms with E-state index < -0.39 is 0 Å². The van der Waals surface area contributed by atoms with Crippen LogP contribution in [0.2, 0.25) is 0 Å². The summed E-state index contributed by atoms with van der Waals surface area (Å²) in [5.41, 5.74) is 2.41. The predicted octanol–water partition coefficient (Wildman–Crippen LogP) is 3.12. The van der Waals surface area contributed by atoms with Crippen molar-refractivity contribution in [1.82, 2.24) is 10.3 Å². The van der Waals surface area contributed by atoms with Gasteiger partial charge < -0.3 is 5.32 Å². The van der Waals surface area contributed by atoms with Gasteiger partial charge in [-0.3, -0.25) is 15.1 Å². The minimum absolute atomic E-state index is 0.267. The SMILES string of the molecule is Cc1cc(I)ccc1NC(=S)NC(=O)c1cccnc1. The molecule has 0 aliphatic rings. The summed E-state index contributed by atoms with van der Waals surface area (Å²) in [4.78, 5) is 15.8. The van der Waals surface area contributed by atoms with Gasteiger partial charge in [0.15, 0.2) is 5.11 Å². The molecule has 0 bridgehead atoms. The first-order chi connectivity index (χ1) is 9.56. The van der Waals surface area contributed by atoms with E-state index in [1.54, 1.807) is 18.3 Å². The van der Waals surface area contributed by atoms with Crippen molar-refractivity contribution in [2.45, 2.75) is 6.92 Å². The van der Waals surface area contributed by atoms with Crippen LogP contribution >= 0.6 is 34.8 Å². The van der Waals surface area contributed by atoms with Crippen molar-refractivity contribution in [3.05, 3.63) is 57.4 Å². The fraction of sp³-hybridized carbons (Fsp3) is 0.0714. The summed E-state index contributed by atoms with van der Waals surface area (Å²) < 4.78 is 1.15. The molecule has 0 unspecified atom stereocenters. The Labute approximate surface area is 136 Å². The summed E-state index contributed by atoms with van der Waals surface area (Å²) >= 11 is 7.39. The third-order valence-corrected chi connectivity index (χ3v) is 3.46. The molecule has 2 rings (SSSR count). The van der Waals surface area contributed by atoms with Gasteiger partial charge in [0.05, 0.1) is 5.56 Å². The number of anilines is 1. The van der Waals surface area contributed by atoms with Gasteiger partial charge in [-0.25, -0.2) is 0 Å². The first-order valence-electron chi connectivity index (χ1n) is 5.85. The number of halogens is 1. The number of rotatable bonds is 2. The maximum atomic E-state index is 11.9. The quantitative estimate of drug-likeness (QED) is 0.604. The van der Waals surface area contributed by atoms with Gasteiger partial charge in [-0.2, -0.15) is 0 Å². The van der Waals surface area contributed by atoms with E-state index in [1.165, 1.54) is 6.20 Å². The second-order valence-electron chi connectivity index (χ2n) is 4.11. The largest absolute Gasteiger partial charge is 0.332 e. The number of pyridine rings is 1. The zero-order valence-corrected chi connectivity index (χ0v) is 13.7. The lowest BCUT2D eigenvalue weighted by Crippen LogP contribution is -2.34. The molecule has 0 saturated carbocycles. The topological polar surface area (TPSA) is 54.0 Å². The number of carbonyl (C=O) groups excluding carboxylic acids is 1. The maximum absolute atomic E-state index is 11.9. The number of amides is 1. The molecule has 6 heteroatoms. The smallest absolute Gasteiger partial charge is 0.258 e. The molecule has 102 valence electrons. The number of aromatic nitrogens is 1. The third kappa shape index (κ3) is 3.97. The van der Waals surface area contributed by atoms with Crippen molar-refractivity contribution in [3.8, 4) is 0 Å². The summed E-state index contributed by atoms with van der Waals surface area (Å²) in [5, 5.41) is 5.91. The molecular formula is C14H12IN3OS. The van der Waals surface area contributed by atoms with Gasteiger partial charge in [-0.15, -0.1) is 0 Å². The van der Waals surface area contributed by atoms with Crippen LogP contribution < -0.4 is 10.6 Å². The van der Waals surface area contributed by atoms with Gasteiger partial charge in [0.25, 0.3) is 5.91 Å². The minimum atomic E-state index is -0.279. The Morgan fingerprint density at radius 2 is 2.15 bits per heavy atom. The first kappa shape index (κ1) is 14.9. The van der Waals surface area contributed by atoms with Crippen molar-refractivity contribution in [3.63, 3.8) is 0 Å². The Kier molecular flexibility index (Phi) is 5.02. The summed E-state index contributed by atoms with van der Waals surface area (Å²) in [5.74, 6) is -0.279. The highest BCUT2D eigenvalue weighted by Crippen LogP contribution is 2.17. The first-order valence-corrected chi connectivity index (χ1v) is 7.33. The second-order valence-corrected chi connectivity index (χ2v) is 5.76. The van der Waals surface area contributed by atoms with Crippen LogP contribution in [0.1, 0.15) is 15.9 Å². The van der Waals surface area contributed by atoms with E-state index in [0.717, 1.165) is 14.8 Å². The summed E-state index contributed by atoms with van der Waals surface area (Å²) in [7, 11) is 0. The van der Waals surface area contributed by atoms with Crippen LogP contribution in [0.3, 0.4) is 0 Å². The van der Waals surface area contributed by atoms with Crippen LogP contribution in [-0.4, -0.2) is 16.0 Å². The lowest BCUT2D eigenvalue weighted by molar-refractivity contribution is 0.0977. The number of nitrogens with zero attached hydrogens (tertiary/aromatic N) is 1. The molecule has 0 aliphatic carbocycles. The average molecular weight is 397 g/mol. The highest BCUT2D eigenvalue weighted by Gasteiger charge is 2.08. The molecule has 2 aromatic rings. The Balaban J connectivity index is 2.01. The molecule has 2 N–H and O–H groups in total. The van der Waals surface area contributed by atoms with Gasteiger partial charge in [0, 0.05) is 21.7 Å². The summed E-state index contributed by atoms with van der Waals surface area (Å²) in [6, 6.07) is 9.32. The van der Waals surface area contributed by atoms with Crippen molar-refractivity contribution >= 4 is 51.5 Å². The molecule has 0 atom stereocenters. The molecule has 0 saturated heterocycles. The van der Waals surface area contributed by atoms with Crippen LogP contribution in [0.25, 0.3) is 0 Å². The Morgan fingerprint density at radius 3 is 2.80 bits per heavy atom. The summed E-state index contributed by atoms with van der Waals surface area (Å²) in [6.07, 6.45) is 3.11. The van der Waals surface area contributed by atoms with E-state index in [1.807, 2.05) is 25.1 Å². The Bertz CT molecular complexity index is 646. The second kappa shape index (κ2) is 6.76. The molecule has 20 heavy (non-hydrogen) atoms. The van der Waals surface area contributed by atoms with E-state index in [0.29, 0.717) is 5.56 Å². The normalized spacial score (nSPS) is 9.90. The standard InChI is InChI=1S/C14H12IN3OS/c1-9-7-11(15)4-5-12(9)17-14(20)18-13(19)10-3-2-6-16-8-10/h2-8H,1H3,(H2,17,18,19,20). The molecular weight excluding hydrogens is 385 g/mol. The maximum Gasteiger partial charge on any atom is 0.258 e. The number of carbonyl (C=O) groups is 1. The number of hydrogen-bond acceptors (Lipinski definition) is 3. The van der Waals surface area contributed by atoms with E-state index in [2.05, 4.69) is 38.2 Å². The lowest BCUT2D eigenvalue weighted by Gasteiger charge is -2.11. The molecule has 1 aromatic heterocycles. The molecule has 4 nitrogen and oxygen atoms in total. The minimum Gasteiger partial charge on any atom is -0.332 e. The molecule has 0 radical (unpaired) electrons. The van der Waals surface area contributed by atoms with Crippen LogP contribution in [-0.2, 0) is 0 Å². The lowest BCUT2D eigenvalue weighted by atomic mass is 10.2. The Morgan fingerprint density at radius 1 is 1.35 bits per heavy atom. The average Bonchev–Trinajstić information content (AvgIpc) is 2.43. The van der Waals surface area contributed by atoms with E-state index in [9.17, 15) is 4.79 Å². The highest BCUT2D eigenvalue weighted by molar-refractivity contribution is 14.1. The van der Waals surface area contributed by atoms with Crippen LogP contribution in [0, 0.1) is 10.5 Å². The highest BCUT2D eigenvalue weighted by atomic mass is 127. The van der Waals surface area contributed by atoms with Crippen LogP contribution in [0.15, 0.2) is 42.7 Å². The number of thiocarbonyl (C=S) groups is 1. The van der Waals surface area contributed by atoms with Crippen molar-refractivity contribution < 1.29 is 4.79 Å². The third-order valence-electron chi connectivity index (χ3n) is 2.59. The monoisotopic (exact) mass is 397 g/mol. The van der Waals surface area contributed by atoms with Gasteiger partial charge in [-0.05, 0) is 77.6 Å². The molecule has 0 aliphatic heterocycles. The van der Waals surface area contributed by atoms with Crippen molar-refractivity contribution in [2.24, 2.45) is 0 Å². The molecule has 0 spiro atoms. The molecule has 0 fully saturated rings. The van der Waals surface area contributed by atoms with Crippen molar-refractivity contribution in [1.29, 1.82) is 0 Å². The number of benzene rings is 1. The zero-order valence-electron chi connectivity index (χ0n) is 10.7. The summed E-state index contributed by atoms with van der Waals surface area (Å²) in [6.45, 7) is 1.98. The van der Waals surface area contributed by atoms with Gasteiger partial charge in [-0.1, -0.05) is 0 Å². The number of hydrogen-bond donors (Lipinski definition) is 2. The van der Waals surface area contributed by atoms with Gasteiger partial charge in [0.2, 0.25) is 0 Å². The number of aryl methyl sites for hydroxylation is 1. The van der Waals surface area contributed by atoms with Gasteiger partial charge in [0.1, 0.15) is 0 Å². The van der Waals surface area contributed by atoms with E-state index in [4.69, 9.17) is 12.2 Å². The van der Waals surface area contributed by atoms with Crippen LogP contribution in [0.4, 0.5) is 5.69 Å². The van der Waals surface area contributed by atoms with E-state index >= 15 is 0 Å². The number of nitrogens with one attached hydrogen (secondary N) is 2.